The van der Waals surface area contributed by atoms with Crippen molar-refractivity contribution in [3.63, 3.8) is 0 Å². The molecule has 7 nitrogen and oxygen atoms in total. The maximum Gasteiger partial charge on any atom is 0.243 e. The summed E-state index contributed by atoms with van der Waals surface area (Å²) in [6.07, 6.45) is 1.11. The van der Waals surface area contributed by atoms with E-state index in [0.717, 1.165) is 81.3 Å². The van der Waals surface area contributed by atoms with E-state index in [-0.39, 0.29) is 0 Å². The van der Waals surface area contributed by atoms with E-state index in [4.69, 9.17) is 9.47 Å². The standard InChI is InChI=1S/C21H35N3O4S/c1-17-16-20(27-4)18(2)19(3)21(17)29(25,26)24-10-8-22(9-11-24)6-5-7-23-12-14-28-15-13-23/h16H,5-15H2,1-4H3. The van der Waals surface area contributed by atoms with Crippen LogP contribution in [0.4, 0.5) is 0 Å². The van der Waals surface area contributed by atoms with Crippen LogP contribution < -0.4 is 4.74 Å². The molecule has 164 valence electrons. The van der Waals surface area contributed by atoms with E-state index in [1.807, 2.05) is 26.8 Å². The maximum atomic E-state index is 13.4. The average molecular weight is 426 g/mol. The highest BCUT2D eigenvalue weighted by Crippen LogP contribution is 2.32. The molecule has 1 aromatic rings. The SMILES string of the molecule is COc1cc(C)c(S(=O)(=O)N2CCN(CCCN3CCOCC3)CC2)c(C)c1C. The van der Waals surface area contributed by atoms with Gasteiger partial charge in [-0.25, -0.2) is 8.42 Å². The summed E-state index contributed by atoms with van der Waals surface area (Å²) in [5, 5.41) is 0. The van der Waals surface area contributed by atoms with Gasteiger partial charge in [0.1, 0.15) is 5.75 Å². The maximum absolute atomic E-state index is 13.4. The van der Waals surface area contributed by atoms with E-state index in [1.165, 1.54) is 0 Å². The summed E-state index contributed by atoms with van der Waals surface area (Å²) in [4.78, 5) is 5.27. The molecule has 2 fully saturated rings. The Kier molecular flexibility index (Phi) is 7.56. The van der Waals surface area contributed by atoms with Crippen molar-refractivity contribution in [1.29, 1.82) is 0 Å². The van der Waals surface area contributed by atoms with Crippen LogP contribution in [0.3, 0.4) is 0 Å². The number of rotatable bonds is 7. The lowest BCUT2D eigenvalue weighted by atomic mass is 10.1. The quantitative estimate of drug-likeness (QED) is 0.662. The number of methoxy groups -OCH3 is 1. The Labute approximate surface area is 175 Å². The highest BCUT2D eigenvalue weighted by molar-refractivity contribution is 7.89. The van der Waals surface area contributed by atoms with Gasteiger partial charge in [-0.05, 0) is 63.0 Å². The van der Waals surface area contributed by atoms with Crippen LogP contribution in [0.5, 0.6) is 5.75 Å². The predicted octanol–water partition coefficient (Wildman–Crippen LogP) is 1.65. The Hall–Kier alpha value is -1.19. The van der Waals surface area contributed by atoms with Gasteiger partial charge in [0, 0.05) is 39.3 Å². The third-order valence-electron chi connectivity index (χ3n) is 6.18. The van der Waals surface area contributed by atoms with Crippen molar-refractivity contribution in [2.75, 3.05) is 72.7 Å². The highest BCUT2D eigenvalue weighted by atomic mass is 32.2. The molecule has 0 spiro atoms. The zero-order valence-corrected chi connectivity index (χ0v) is 19.1. The van der Waals surface area contributed by atoms with Crippen LogP contribution in [0.1, 0.15) is 23.1 Å². The van der Waals surface area contributed by atoms with E-state index in [0.29, 0.717) is 18.0 Å². The second-order valence-corrected chi connectivity index (χ2v) is 9.90. The van der Waals surface area contributed by atoms with Crippen LogP contribution in [0.25, 0.3) is 0 Å². The summed E-state index contributed by atoms with van der Waals surface area (Å²) in [5.41, 5.74) is 2.42. The number of nitrogens with zero attached hydrogens (tertiary/aromatic N) is 3. The Morgan fingerprint density at radius 1 is 0.931 bits per heavy atom. The van der Waals surface area contributed by atoms with Crippen molar-refractivity contribution < 1.29 is 17.9 Å². The minimum absolute atomic E-state index is 0.441. The zero-order chi connectivity index (χ0) is 21.0. The summed E-state index contributed by atoms with van der Waals surface area (Å²) in [5.74, 6) is 0.740. The first-order valence-corrected chi connectivity index (χ1v) is 12.0. The van der Waals surface area contributed by atoms with Crippen molar-refractivity contribution >= 4 is 10.0 Å². The van der Waals surface area contributed by atoms with Crippen LogP contribution in [-0.2, 0) is 14.8 Å². The van der Waals surface area contributed by atoms with E-state index in [1.54, 1.807) is 11.4 Å². The molecule has 3 rings (SSSR count). The van der Waals surface area contributed by atoms with Gasteiger partial charge in [-0.15, -0.1) is 0 Å². The largest absolute Gasteiger partial charge is 0.496 e. The normalized spacial score (nSPS) is 20.1. The summed E-state index contributed by atoms with van der Waals surface area (Å²) in [6, 6.07) is 1.83. The fourth-order valence-electron chi connectivity index (χ4n) is 4.30. The Morgan fingerprint density at radius 2 is 1.52 bits per heavy atom. The van der Waals surface area contributed by atoms with Crippen molar-refractivity contribution in [2.24, 2.45) is 0 Å². The van der Waals surface area contributed by atoms with E-state index in [2.05, 4.69) is 9.80 Å². The molecule has 2 saturated heterocycles. The summed E-state index contributed by atoms with van der Waals surface area (Å²) in [6.45, 7) is 14.1. The molecule has 0 amide bonds. The number of hydrogen-bond donors (Lipinski definition) is 0. The Morgan fingerprint density at radius 3 is 2.10 bits per heavy atom. The summed E-state index contributed by atoms with van der Waals surface area (Å²) in [7, 11) is -1.88. The molecular weight excluding hydrogens is 390 g/mol. The summed E-state index contributed by atoms with van der Waals surface area (Å²) >= 11 is 0. The molecule has 0 radical (unpaired) electrons. The number of hydrogen-bond acceptors (Lipinski definition) is 6. The Balaban J connectivity index is 1.58. The van der Waals surface area contributed by atoms with Gasteiger partial charge in [-0.2, -0.15) is 4.31 Å². The molecule has 0 aromatic heterocycles. The molecule has 29 heavy (non-hydrogen) atoms. The number of sulfonamides is 1. The third kappa shape index (κ3) is 5.11. The van der Waals surface area contributed by atoms with Crippen molar-refractivity contribution in [3.05, 3.63) is 22.8 Å². The molecule has 0 unspecified atom stereocenters. The number of ether oxygens (including phenoxy) is 2. The molecular formula is C21H35N3O4S. The molecule has 0 aliphatic carbocycles. The third-order valence-corrected chi connectivity index (χ3v) is 8.37. The fraction of sp³-hybridized carbons (Fsp3) is 0.714. The first-order chi connectivity index (χ1) is 13.8. The van der Waals surface area contributed by atoms with Gasteiger partial charge < -0.3 is 14.4 Å². The minimum Gasteiger partial charge on any atom is -0.496 e. The molecule has 2 heterocycles. The van der Waals surface area contributed by atoms with Crippen LogP contribution in [-0.4, -0.2) is 95.2 Å². The van der Waals surface area contributed by atoms with E-state index < -0.39 is 10.0 Å². The van der Waals surface area contributed by atoms with Crippen molar-refractivity contribution in [2.45, 2.75) is 32.1 Å². The van der Waals surface area contributed by atoms with Gasteiger partial charge in [0.2, 0.25) is 10.0 Å². The van der Waals surface area contributed by atoms with Crippen LogP contribution in [0.15, 0.2) is 11.0 Å². The Bertz CT molecular complexity index is 799. The molecule has 2 aliphatic rings. The first kappa shape index (κ1) is 22.5. The van der Waals surface area contributed by atoms with Gasteiger partial charge in [0.15, 0.2) is 0 Å². The van der Waals surface area contributed by atoms with Gasteiger partial charge in [-0.1, -0.05) is 0 Å². The number of benzene rings is 1. The predicted molar refractivity (Wildman–Crippen MR) is 114 cm³/mol. The highest BCUT2D eigenvalue weighted by Gasteiger charge is 2.31. The fourth-order valence-corrected chi connectivity index (χ4v) is 6.20. The lowest BCUT2D eigenvalue weighted by Crippen LogP contribution is -2.49. The second kappa shape index (κ2) is 9.75. The van der Waals surface area contributed by atoms with Gasteiger partial charge in [0.25, 0.3) is 0 Å². The molecule has 0 saturated carbocycles. The molecule has 8 heteroatoms. The molecule has 0 N–H and O–H groups in total. The van der Waals surface area contributed by atoms with Crippen LogP contribution in [0.2, 0.25) is 0 Å². The molecule has 0 bridgehead atoms. The van der Waals surface area contributed by atoms with E-state index in [9.17, 15) is 8.42 Å². The van der Waals surface area contributed by atoms with E-state index >= 15 is 0 Å². The van der Waals surface area contributed by atoms with Gasteiger partial charge >= 0.3 is 0 Å². The number of morpholine rings is 1. The number of piperazine rings is 1. The lowest BCUT2D eigenvalue weighted by molar-refractivity contribution is 0.0356. The monoisotopic (exact) mass is 425 g/mol. The molecule has 0 atom stereocenters. The summed E-state index contributed by atoms with van der Waals surface area (Å²) < 4.78 is 39.1. The topological polar surface area (TPSA) is 62.3 Å². The minimum atomic E-state index is -3.50. The van der Waals surface area contributed by atoms with Crippen LogP contribution in [0, 0.1) is 20.8 Å². The molecule has 2 aliphatic heterocycles. The van der Waals surface area contributed by atoms with Crippen molar-refractivity contribution in [1.82, 2.24) is 14.1 Å². The smallest absolute Gasteiger partial charge is 0.243 e. The zero-order valence-electron chi connectivity index (χ0n) is 18.2. The first-order valence-electron chi connectivity index (χ1n) is 10.5. The molecule has 1 aromatic carbocycles. The second-order valence-electron chi connectivity index (χ2n) is 8.03. The van der Waals surface area contributed by atoms with Gasteiger partial charge in [0.05, 0.1) is 25.2 Å². The van der Waals surface area contributed by atoms with Crippen LogP contribution >= 0.6 is 0 Å². The number of aryl methyl sites for hydroxylation is 1. The average Bonchev–Trinajstić information content (AvgIpc) is 2.72. The van der Waals surface area contributed by atoms with Crippen molar-refractivity contribution in [3.8, 4) is 5.75 Å². The lowest BCUT2D eigenvalue weighted by Gasteiger charge is -2.35. The van der Waals surface area contributed by atoms with Gasteiger partial charge in [-0.3, -0.25) is 4.90 Å².